The first kappa shape index (κ1) is 14.2. The monoisotopic (exact) mass is 275 g/mol. The van der Waals surface area contributed by atoms with Gasteiger partial charge in [-0.3, -0.25) is 14.9 Å². The van der Waals surface area contributed by atoms with E-state index in [1.807, 2.05) is 0 Å². The van der Waals surface area contributed by atoms with Crippen molar-refractivity contribution in [2.45, 2.75) is 31.6 Å². The van der Waals surface area contributed by atoms with Crippen LogP contribution >= 0.6 is 0 Å². The van der Waals surface area contributed by atoms with E-state index in [9.17, 15) is 14.9 Å². The molecule has 1 aliphatic carbocycles. The second-order valence-corrected chi connectivity index (χ2v) is 4.85. The van der Waals surface area contributed by atoms with Gasteiger partial charge in [0.15, 0.2) is 0 Å². The van der Waals surface area contributed by atoms with Crippen molar-refractivity contribution in [2.24, 2.45) is 0 Å². The molecule has 1 aliphatic rings. The van der Waals surface area contributed by atoms with Crippen LogP contribution in [0.2, 0.25) is 0 Å². The van der Waals surface area contributed by atoms with Gasteiger partial charge < -0.3 is 4.74 Å². The summed E-state index contributed by atoms with van der Waals surface area (Å²) in [5.74, 6) is -1.03. The van der Waals surface area contributed by atoms with Crippen molar-refractivity contribution in [1.29, 1.82) is 0 Å². The summed E-state index contributed by atoms with van der Waals surface area (Å²) in [6, 6.07) is 6.37. The highest BCUT2D eigenvalue weighted by Crippen LogP contribution is 2.34. The fourth-order valence-electron chi connectivity index (χ4n) is 2.60. The Labute approximate surface area is 117 Å². The standard InChI is InChI=1S/C15H17NO4/c1-20-15(17)13(10-11-6-2-3-7-11)12-8-4-5-9-14(12)16(18)19/h4-6,8-9,13H,2-3,7,10H2,1H3/t13-/m0/s1. The molecule has 1 aromatic rings. The van der Waals surface area contributed by atoms with E-state index < -0.39 is 16.8 Å². The van der Waals surface area contributed by atoms with Crippen molar-refractivity contribution in [1.82, 2.24) is 0 Å². The predicted octanol–water partition coefficient (Wildman–Crippen LogP) is 3.35. The van der Waals surface area contributed by atoms with Gasteiger partial charge in [0.2, 0.25) is 0 Å². The minimum atomic E-state index is -0.606. The van der Waals surface area contributed by atoms with Crippen LogP contribution in [0.25, 0.3) is 0 Å². The Kier molecular flexibility index (Phi) is 4.50. The molecule has 0 spiro atoms. The molecule has 1 aromatic carbocycles. The van der Waals surface area contributed by atoms with E-state index in [-0.39, 0.29) is 5.69 Å². The Bertz CT molecular complexity index is 551. The summed E-state index contributed by atoms with van der Waals surface area (Å²) >= 11 is 0. The number of carbonyl (C=O) groups is 1. The molecule has 20 heavy (non-hydrogen) atoms. The van der Waals surface area contributed by atoms with Crippen LogP contribution in [0.3, 0.4) is 0 Å². The number of methoxy groups -OCH3 is 1. The van der Waals surface area contributed by atoms with E-state index in [2.05, 4.69) is 6.08 Å². The van der Waals surface area contributed by atoms with Gasteiger partial charge in [0, 0.05) is 11.6 Å². The zero-order valence-electron chi connectivity index (χ0n) is 11.4. The summed E-state index contributed by atoms with van der Waals surface area (Å²) in [4.78, 5) is 22.7. The molecular weight excluding hydrogens is 258 g/mol. The maximum absolute atomic E-state index is 12.0. The van der Waals surface area contributed by atoms with Crippen LogP contribution in [0.4, 0.5) is 5.69 Å². The van der Waals surface area contributed by atoms with E-state index in [1.54, 1.807) is 18.2 Å². The van der Waals surface area contributed by atoms with E-state index in [4.69, 9.17) is 4.74 Å². The van der Waals surface area contributed by atoms with Crippen molar-refractivity contribution in [3.8, 4) is 0 Å². The maximum atomic E-state index is 12.0. The third-order valence-corrected chi connectivity index (χ3v) is 3.60. The van der Waals surface area contributed by atoms with Crippen molar-refractivity contribution >= 4 is 11.7 Å². The first-order chi connectivity index (χ1) is 9.63. The molecule has 0 aromatic heterocycles. The number of hydrogen-bond acceptors (Lipinski definition) is 4. The Morgan fingerprint density at radius 1 is 1.45 bits per heavy atom. The number of nitro groups is 1. The number of hydrogen-bond donors (Lipinski definition) is 0. The smallest absolute Gasteiger partial charge is 0.313 e. The summed E-state index contributed by atoms with van der Waals surface area (Å²) < 4.78 is 4.82. The highest BCUT2D eigenvalue weighted by molar-refractivity contribution is 5.80. The topological polar surface area (TPSA) is 69.4 Å². The molecule has 0 unspecified atom stereocenters. The van der Waals surface area contributed by atoms with Gasteiger partial charge in [-0.2, -0.15) is 0 Å². The highest BCUT2D eigenvalue weighted by atomic mass is 16.6. The quantitative estimate of drug-likeness (QED) is 0.357. The molecule has 1 atom stereocenters. The average Bonchev–Trinajstić information content (AvgIpc) is 2.97. The molecule has 0 fully saturated rings. The molecule has 2 rings (SSSR count). The number of para-hydroxylation sites is 1. The number of benzene rings is 1. The van der Waals surface area contributed by atoms with Gasteiger partial charge in [-0.25, -0.2) is 0 Å². The van der Waals surface area contributed by atoms with Crippen LogP contribution in [0.15, 0.2) is 35.9 Å². The summed E-state index contributed by atoms with van der Waals surface area (Å²) in [5.41, 5.74) is 1.58. The maximum Gasteiger partial charge on any atom is 0.313 e. The zero-order valence-corrected chi connectivity index (χ0v) is 11.4. The molecule has 106 valence electrons. The number of nitro benzene ring substituents is 1. The molecule has 5 nitrogen and oxygen atoms in total. The lowest BCUT2D eigenvalue weighted by atomic mass is 9.90. The summed E-state index contributed by atoms with van der Waals surface area (Å²) in [5, 5.41) is 11.1. The van der Waals surface area contributed by atoms with Crippen LogP contribution in [0.1, 0.15) is 37.2 Å². The van der Waals surface area contributed by atoms with Gasteiger partial charge in [0.1, 0.15) is 0 Å². The molecular formula is C15H17NO4. The third-order valence-electron chi connectivity index (χ3n) is 3.60. The molecule has 0 saturated heterocycles. The SMILES string of the molecule is COC(=O)[C@@H](CC1=CCCC1)c1ccccc1[N+](=O)[O-]. The molecule has 0 saturated carbocycles. The van der Waals surface area contributed by atoms with Crippen LogP contribution in [-0.2, 0) is 9.53 Å². The molecule has 0 N–H and O–H groups in total. The van der Waals surface area contributed by atoms with Crippen LogP contribution in [0, 0.1) is 10.1 Å². The number of nitrogens with zero attached hydrogens (tertiary/aromatic N) is 1. The lowest BCUT2D eigenvalue weighted by Crippen LogP contribution is -2.16. The van der Waals surface area contributed by atoms with Crippen molar-refractivity contribution < 1.29 is 14.5 Å². The minimum absolute atomic E-state index is 0.0264. The molecule has 0 radical (unpaired) electrons. The zero-order chi connectivity index (χ0) is 14.5. The molecule has 0 bridgehead atoms. The van der Waals surface area contributed by atoms with Crippen molar-refractivity contribution in [3.05, 3.63) is 51.6 Å². The molecule has 0 heterocycles. The molecule has 0 aliphatic heterocycles. The lowest BCUT2D eigenvalue weighted by molar-refractivity contribution is -0.385. The van der Waals surface area contributed by atoms with Crippen LogP contribution in [-0.4, -0.2) is 18.0 Å². The van der Waals surface area contributed by atoms with E-state index >= 15 is 0 Å². The Balaban J connectivity index is 2.35. The van der Waals surface area contributed by atoms with Gasteiger partial charge >= 0.3 is 5.97 Å². The second kappa shape index (κ2) is 6.32. The number of esters is 1. The van der Waals surface area contributed by atoms with Gasteiger partial charge in [-0.15, -0.1) is 0 Å². The van der Waals surface area contributed by atoms with E-state index in [0.717, 1.165) is 19.3 Å². The molecule has 5 heteroatoms. The fourth-order valence-corrected chi connectivity index (χ4v) is 2.60. The Hall–Kier alpha value is -2.17. The minimum Gasteiger partial charge on any atom is -0.469 e. The van der Waals surface area contributed by atoms with Gasteiger partial charge in [0.05, 0.1) is 18.0 Å². The number of ether oxygens (including phenoxy) is 1. The largest absolute Gasteiger partial charge is 0.469 e. The summed E-state index contributed by atoms with van der Waals surface area (Å²) in [6.07, 6.45) is 5.66. The summed E-state index contributed by atoms with van der Waals surface area (Å²) in [7, 11) is 1.31. The van der Waals surface area contributed by atoms with Gasteiger partial charge in [-0.05, 0) is 25.7 Å². The summed E-state index contributed by atoms with van der Waals surface area (Å²) in [6.45, 7) is 0. The second-order valence-electron chi connectivity index (χ2n) is 4.85. The predicted molar refractivity (Wildman–Crippen MR) is 74.4 cm³/mol. The first-order valence-electron chi connectivity index (χ1n) is 6.62. The third kappa shape index (κ3) is 3.04. The average molecular weight is 275 g/mol. The highest BCUT2D eigenvalue weighted by Gasteiger charge is 2.29. The first-order valence-corrected chi connectivity index (χ1v) is 6.62. The van der Waals surface area contributed by atoms with Gasteiger partial charge in [0.25, 0.3) is 5.69 Å². The fraction of sp³-hybridized carbons (Fsp3) is 0.400. The van der Waals surface area contributed by atoms with E-state index in [1.165, 1.54) is 18.7 Å². The Morgan fingerprint density at radius 3 is 2.80 bits per heavy atom. The van der Waals surface area contributed by atoms with Crippen molar-refractivity contribution in [2.75, 3.05) is 7.11 Å². The number of allylic oxidation sites excluding steroid dienone is 2. The van der Waals surface area contributed by atoms with Crippen molar-refractivity contribution in [3.63, 3.8) is 0 Å². The molecule has 0 amide bonds. The number of carbonyl (C=O) groups excluding carboxylic acids is 1. The van der Waals surface area contributed by atoms with Crippen LogP contribution < -0.4 is 0 Å². The van der Waals surface area contributed by atoms with E-state index in [0.29, 0.717) is 12.0 Å². The van der Waals surface area contributed by atoms with Crippen LogP contribution in [0.5, 0.6) is 0 Å². The number of rotatable bonds is 5. The van der Waals surface area contributed by atoms with Gasteiger partial charge in [-0.1, -0.05) is 29.8 Å². The lowest BCUT2D eigenvalue weighted by Gasteiger charge is -2.15. The Morgan fingerprint density at radius 2 is 2.20 bits per heavy atom. The normalized spacial score (nSPS) is 15.6.